The Labute approximate surface area is 228 Å². The Morgan fingerprint density at radius 2 is 1.88 bits per heavy atom. The number of cyclic esters (lactones) is 1. The van der Waals surface area contributed by atoms with E-state index in [9.17, 15) is 32.3 Å². The monoisotopic (exact) mass is 562 g/mol. The molecule has 2 aromatic rings. The second-order valence-electron chi connectivity index (χ2n) is 9.92. The van der Waals surface area contributed by atoms with Gasteiger partial charge in [-0.05, 0) is 38.0 Å². The Morgan fingerprint density at radius 1 is 1.15 bits per heavy atom. The number of rotatable bonds is 8. The molecule has 3 heterocycles. The van der Waals surface area contributed by atoms with Gasteiger partial charge in [-0.3, -0.25) is 19.2 Å². The highest BCUT2D eigenvalue weighted by Gasteiger charge is 2.41. The van der Waals surface area contributed by atoms with Crippen LogP contribution in [0.4, 0.5) is 13.2 Å². The molecule has 10 nitrogen and oxygen atoms in total. The molecule has 4 atom stereocenters. The number of ether oxygens (including phenoxy) is 2. The van der Waals surface area contributed by atoms with Crippen molar-refractivity contribution in [1.29, 1.82) is 0 Å². The third-order valence-corrected chi connectivity index (χ3v) is 6.75. The molecule has 2 aliphatic heterocycles. The van der Waals surface area contributed by atoms with Gasteiger partial charge >= 0.3 is 18.1 Å². The lowest BCUT2D eigenvalue weighted by molar-refractivity contribution is -0.174. The van der Waals surface area contributed by atoms with Gasteiger partial charge in [-0.1, -0.05) is 29.8 Å². The largest absolute Gasteiger partial charge is 0.482 e. The molecule has 2 N–H and O–H groups in total. The fraction of sp³-hybridized carbons (Fsp3) is 0.444. The highest BCUT2D eigenvalue weighted by atomic mass is 19.4. The molecular formula is C27H29F3N4O6. The van der Waals surface area contributed by atoms with Crippen LogP contribution in [-0.4, -0.2) is 71.5 Å². The van der Waals surface area contributed by atoms with Gasteiger partial charge in [0.05, 0.1) is 24.6 Å². The van der Waals surface area contributed by atoms with Crippen LogP contribution in [0.25, 0.3) is 0 Å². The third kappa shape index (κ3) is 7.07. The summed E-state index contributed by atoms with van der Waals surface area (Å²) in [4.78, 5) is 53.9. The average molecular weight is 563 g/mol. The molecule has 13 heteroatoms. The predicted molar refractivity (Wildman–Crippen MR) is 134 cm³/mol. The van der Waals surface area contributed by atoms with Gasteiger partial charge in [0.25, 0.3) is 5.91 Å². The number of aryl methyl sites for hydroxylation is 1. The van der Waals surface area contributed by atoms with E-state index < -0.39 is 42.0 Å². The van der Waals surface area contributed by atoms with Crippen LogP contribution in [0, 0.1) is 12.8 Å². The lowest BCUT2D eigenvalue weighted by Gasteiger charge is -2.27. The number of halogens is 3. The second kappa shape index (κ2) is 11.9. The van der Waals surface area contributed by atoms with Gasteiger partial charge in [0, 0.05) is 19.1 Å². The van der Waals surface area contributed by atoms with Crippen LogP contribution in [0.1, 0.15) is 47.5 Å². The molecule has 0 radical (unpaired) electrons. The normalized spacial score (nSPS) is 20.4. The minimum absolute atomic E-state index is 0.0585. The number of amides is 3. The van der Waals surface area contributed by atoms with E-state index in [1.165, 1.54) is 25.3 Å². The highest BCUT2D eigenvalue weighted by molar-refractivity contribution is 5.92. The van der Waals surface area contributed by atoms with E-state index in [2.05, 4.69) is 10.3 Å². The summed E-state index contributed by atoms with van der Waals surface area (Å²) in [6, 6.07) is 8.45. The van der Waals surface area contributed by atoms with Crippen LogP contribution < -0.4 is 15.4 Å². The molecule has 0 unspecified atom stereocenters. The molecular weight excluding hydrogens is 533 g/mol. The van der Waals surface area contributed by atoms with Gasteiger partial charge in [-0.25, -0.2) is 4.98 Å². The highest BCUT2D eigenvalue weighted by Crippen LogP contribution is 2.27. The molecule has 2 aliphatic rings. The number of alkyl halides is 3. The zero-order chi connectivity index (χ0) is 29.0. The van der Waals surface area contributed by atoms with E-state index in [-0.39, 0.29) is 36.4 Å². The summed E-state index contributed by atoms with van der Waals surface area (Å²) >= 11 is 0. The molecule has 0 aliphatic carbocycles. The first kappa shape index (κ1) is 28.8. The van der Waals surface area contributed by atoms with Crippen molar-refractivity contribution in [3.8, 4) is 5.75 Å². The first-order valence-corrected chi connectivity index (χ1v) is 12.7. The van der Waals surface area contributed by atoms with Crippen LogP contribution in [0.15, 0.2) is 42.6 Å². The van der Waals surface area contributed by atoms with Crippen LogP contribution in [0.5, 0.6) is 5.75 Å². The maximum absolute atomic E-state index is 12.8. The van der Waals surface area contributed by atoms with Crippen LogP contribution >= 0.6 is 0 Å². The fourth-order valence-electron chi connectivity index (χ4n) is 4.58. The van der Waals surface area contributed by atoms with Crippen molar-refractivity contribution in [2.24, 2.45) is 5.92 Å². The maximum Gasteiger partial charge on any atom is 0.471 e. The lowest BCUT2D eigenvalue weighted by atomic mass is 10.0. The van der Waals surface area contributed by atoms with Gasteiger partial charge in [-0.2, -0.15) is 13.2 Å². The number of aromatic nitrogens is 1. The maximum atomic E-state index is 12.8. The van der Waals surface area contributed by atoms with Gasteiger partial charge in [0.2, 0.25) is 5.91 Å². The molecule has 0 bridgehead atoms. The second-order valence-corrected chi connectivity index (χ2v) is 9.92. The number of nitrogens with one attached hydrogen (secondary N) is 2. The fourth-order valence-corrected chi connectivity index (χ4v) is 4.58. The quantitative estimate of drug-likeness (QED) is 0.474. The predicted octanol–water partition coefficient (Wildman–Crippen LogP) is 2.47. The number of carbonyl (C=O) groups is 4. The average Bonchev–Trinajstić information content (AvgIpc) is 3.56. The molecule has 4 rings (SSSR count). The molecule has 214 valence electrons. The Hall–Kier alpha value is -4.16. The standard InChI is InChI=1S/C27H29F3N4O6/c1-15-3-5-17(6-4-15)23(16(2)32-26(38)27(28,29)30)40-20-7-8-21(31-12-20)24(36)33-19-9-10-34(13-19)25(37)18-11-22(35)39-14-18/h3-8,12,16,18-19,23H,9-11,13-14H2,1-2H3,(H,32,38)(H,33,36)/t16-,18+,19+,23-/m0/s1. The lowest BCUT2D eigenvalue weighted by Crippen LogP contribution is -2.45. The zero-order valence-electron chi connectivity index (χ0n) is 21.9. The summed E-state index contributed by atoms with van der Waals surface area (Å²) in [7, 11) is 0. The number of likely N-dealkylation sites (tertiary alicyclic amines) is 1. The number of benzene rings is 1. The van der Waals surface area contributed by atoms with Gasteiger partial charge in [-0.15, -0.1) is 0 Å². The van der Waals surface area contributed by atoms with E-state index in [0.29, 0.717) is 25.1 Å². The minimum Gasteiger partial charge on any atom is -0.482 e. The molecule has 0 saturated carbocycles. The molecule has 1 aromatic heterocycles. The molecule has 2 fully saturated rings. The Balaban J connectivity index is 1.37. The first-order valence-electron chi connectivity index (χ1n) is 12.7. The summed E-state index contributed by atoms with van der Waals surface area (Å²) in [5, 5.41) is 4.77. The summed E-state index contributed by atoms with van der Waals surface area (Å²) in [5.41, 5.74) is 1.55. The van der Waals surface area contributed by atoms with Crippen LogP contribution in [-0.2, 0) is 19.1 Å². The van der Waals surface area contributed by atoms with Crippen molar-refractivity contribution in [3.05, 3.63) is 59.4 Å². The molecule has 2 saturated heterocycles. The molecule has 3 amide bonds. The topological polar surface area (TPSA) is 127 Å². The summed E-state index contributed by atoms with van der Waals surface area (Å²) < 4.78 is 49.3. The van der Waals surface area contributed by atoms with E-state index in [1.54, 1.807) is 29.2 Å². The summed E-state index contributed by atoms with van der Waals surface area (Å²) in [5.74, 6) is -3.43. The van der Waals surface area contributed by atoms with Crippen molar-refractivity contribution < 1.29 is 41.8 Å². The first-order chi connectivity index (χ1) is 18.9. The van der Waals surface area contributed by atoms with Crippen molar-refractivity contribution in [1.82, 2.24) is 20.5 Å². The number of hydrogen-bond acceptors (Lipinski definition) is 7. The van der Waals surface area contributed by atoms with Crippen molar-refractivity contribution >= 4 is 23.7 Å². The Bertz CT molecular complexity index is 1250. The number of pyridine rings is 1. The Morgan fingerprint density at radius 3 is 2.48 bits per heavy atom. The summed E-state index contributed by atoms with van der Waals surface area (Å²) in [6.07, 6.45) is -4.15. The third-order valence-electron chi connectivity index (χ3n) is 6.75. The van der Waals surface area contributed by atoms with Gasteiger partial charge < -0.3 is 25.0 Å². The van der Waals surface area contributed by atoms with E-state index in [1.807, 2.05) is 12.2 Å². The smallest absolute Gasteiger partial charge is 0.471 e. The van der Waals surface area contributed by atoms with Crippen LogP contribution in [0.2, 0.25) is 0 Å². The van der Waals surface area contributed by atoms with Crippen molar-refractivity contribution in [3.63, 3.8) is 0 Å². The number of carbonyl (C=O) groups excluding carboxylic acids is 4. The van der Waals surface area contributed by atoms with Crippen LogP contribution in [0.3, 0.4) is 0 Å². The molecule has 0 spiro atoms. The van der Waals surface area contributed by atoms with E-state index >= 15 is 0 Å². The van der Waals surface area contributed by atoms with E-state index in [0.717, 1.165) is 5.56 Å². The molecule has 1 aromatic carbocycles. The number of esters is 1. The van der Waals surface area contributed by atoms with Crippen molar-refractivity contribution in [2.75, 3.05) is 19.7 Å². The minimum atomic E-state index is -5.05. The summed E-state index contributed by atoms with van der Waals surface area (Å²) in [6.45, 7) is 4.07. The van der Waals surface area contributed by atoms with E-state index in [4.69, 9.17) is 9.47 Å². The zero-order valence-corrected chi connectivity index (χ0v) is 21.9. The van der Waals surface area contributed by atoms with Gasteiger partial charge in [0.15, 0.2) is 0 Å². The van der Waals surface area contributed by atoms with Crippen molar-refractivity contribution in [2.45, 2.75) is 51.1 Å². The van der Waals surface area contributed by atoms with Gasteiger partial charge in [0.1, 0.15) is 24.2 Å². The Kier molecular flexibility index (Phi) is 8.60. The number of nitrogens with zero attached hydrogens (tertiary/aromatic N) is 2. The molecule has 40 heavy (non-hydrogen) atoms. The number of hydrogen-bond donors (Lipinski definition) is 2. The SMILES string of the molecule is Cc1ccc([C@@H](Oc2ccc(C(=O)N[C@@H]3CCN(C(=O)[C@H]4COC(=O)C4)C3)nc2)[C@H](C)NC(=O)C(F)(F)F)cc1.